The second-order valence-corrected chi connectivity index (χ2v) is 3.34. The average Bonchev–Trinajstić information content (AvgIpc) is 1.82. The van der Waals surface area contributed by atoms with Gasteiger partial charge in [0, 0.05) is 10.2 Å². The maximum Gasteiger partial charge on any atom is 0.0725 e. The van der Waals surface area contributed by atoms with Gasteiger partial charge >= 0.3 is 0 Å². The van der Waals surface area contributed by atoms with Gasteiger partial charge in [0.2, 0.25) is 0 Å². The van der Waals surface area contributed by atoms with Gasteiger partial charge in [0.05, 0.1) is 6.04 Å². The van der Waals surface area contributed by atoms with Gasteiger partial charge in [0.1, 0.15) is 0 Å². The Labute approximate surface area is 68.9 Å². The van der Waals surface area contributed by atoms with Gasteiger partial charge in [0.15, 0.2) is 0 Å². The van der Waals surface area contributed by atoms with E-state index in [4.69, 9.17) is 0 Å². The zero-order chi connectivity index (χ0) is 7.72. The van der Waals surface area contributed by atoms with Gasteiger partial charge in [-0.3, -0.25) is 10.3 Å². The molecule has 0 saturated carbocycles. The van der Waals surface area contributed by atoms with E-state index in [1.165, 1.54) is 5.06 Å². The van der Waals surface area contributed by atoms with E-state index in [2.05, 4.69) is 15.9 Å². The van der Waals surface area contributed by atoms with Crippen LogP contribution in [0.3, 0.4) is 0 Å². The molecule has 1 heterocycles. The van der Waals surface area contributed by atoms with Crippen molar-refractivity contribution in [3.63, 3.8) is 0 Å². The molecule has 1 aliphatic heterocycles. The number of hydrogen-bond donors (Lipinski definition) is 1. The SMILES string of the molecule is CC1=CC(Br)=CC(C)N1O. The topological polar surface area (TPSA) is 23.5 Å². The summed E-state index contributed by atoms with van der Waals surface area (Å²) in [5.41, 5.74) is 0.863. The first-order valence-corrected chi connectivity index (χ1v) is 3.94. The molecular weight excluding hydrogens is 194 g/mol. The molecule has 0 aromatic rings. The Morgan fingerprint density at radius 2 is 2.30 bits per heavy atom. The lowest BCUT2D eigenvalue weighted by Crippen LogP contribution is -2.28. The first kappa shape index (κ1) is 7.82. The molecule has 0 spiro atoms. The second-order valence-electron chi connectivity index (χ2n) is 2.42. The van der Waals surface area contributed by atoms with Gasteiger partial charge in [-0.05, 0) is 26.0 Å². The number of allylic oxidation sites excluding steroid dienone is 3. The van der Waals surface area contributed by atoms with E-state index >= 15 is 0 Å². The number of hydrogen-bond acceptors (Lipinski definition) is 2. The molecule has 1 atom stereocenters. The van der Waals surface area contributed by atoms with Crippen LogP contribution in [0.2, 0.25) is 0 Å². The first-order chi connectivity index (χ1) is 4.61. The minimum absolute atomic E-state index is 0.0689. The summed E-state index contributed by atoms with van der Waals surface area (Å²) in [6.45, 7) is 3.79. The molecule has 0 amide bonds. The van der Waals surface area contributed by atoms with Crippen molar-refractivity contribution >= 4 is 15.9 Å². The van der Waals surface area contributed by atoms with Gasteiger partial charge in [-0.2, -0.15) is 0 Å². The number of halogens is 1. The van der Waals surface area contributed by atoms with E-state index in [0.717, 1.165) is 10.2 Å². The highest BCUT2D eigenvalue weighted by molar-refractivity contribution is 9.11. The van der Waals surface area contributed by atoms with E-state index in [1.54, 1.807) is 0 Å². The summed E-state index contributed by atoms with van der Waals surface area (Å²) < 4.78 is 1.03. The first-order valence-electron chi connectivity index (χ1n) is 3.15. The predicted octanol–water partition coefficient (Wildman–Crippen LogP) is 2.26. The number of nitrogens with zero attached hydrogens (tertiary/aromatic N) is 1. The number of hydroxylamine groups is 2. The Hall–Kier alpha value is -0.280. The van der Waals surface area contributed by atoms with Crippen molar-refractivity contribution in [2.45, 2.75) is 19.9 Å². The summed E-state index contributed by atoms with van der Waals surface area (Å²) in [5, 5.41) is 10.5. The van der Waals surface area contributed by atoms with Crippen LogP contribution in [0.4, 0.5) is 0 Å². The Morgan fingerprint density at radius 1 is 1.70 bits per heavy atom. The van der Waals surface area contributed by atoms with Crippen LogP contribution in [0, 0.1) is 0 Å². The predicted molar refractivity (Wildman–Crippen MR) is 43.9 cm³/mol. The molecule has 0 aliphatic carbocycles. The summed E-state index contributed by atoms with van der Waals surface area (Å²) >= 11 is 3.34. The van der Waals surface area contributed by atoms with Gasteiger partial charge in [-0.15, -0.1) is 0 Å². The van der Waals surface area contributed by atoms with E-state index in [-0.39, 0.29) is 6.04 Å². The molecule has 2 nitrogen and oxygen atoms in total. The summed E-state index contributed by atoms with van der Waals surface area (Å²) in [6.07, 6.45) is 3.81. The monoisotopic (exact) mass is 203 g/mol. The van der Waals surface area contributed by atoms with Crippen molar-refractivity contribution in [1.29, 1.82) is 0 Å². The van der Waals surface area contributed by atoms with Crippen LogP contribution in [-0.2, 0) is 0 Å². The Balaban J connectivity index is 2.85. The van der Waals surface area contributed by atoms with Gasteiger partial charge < -0.3 is 0 Å². The summed E-state index contributed by atoms with van der Waals surface area (Å²) in [5.74, 6) is 0. The van der Waals surface area contributed by atoms with Crippen LogP contribution in [0.5, 0.6) is 0 Å². The summed E-state index contributed by atoms with van der Waals surface area (Å²) in [6, 6.07) is 0.0689. The molecule has 0 aromatic heterocycles. The van der Waals surface area contributed by atoms with E-state index in [0.29, 0.717) is 0 Å². The summed E-state index contributed by atoms with van der Waals surface area (Å²) in [4.78, 5) is 0. The van der Waals surface area contributed by atoms with Crippen molar-refractivity contribution in [2.24, 2.45) is 0 Å². The van der Waals surface area contributed by atoms with Crippen LogP contribution in [0.1, 0.15) is 13.8 Å². The standard InChI is InChI=1S/C7H10BrNO/c1-5-3-7(8)4-6(2)9(5)10/h3-5,10H,1-2H3. The third kappa shape index (κ3) is 1.41. The molecular formula is C7H10BrNO. The smallest absolute Gasteiger partial charge is 0.0725 e. The van der Waals surface area contributed by atoms with Crippen LogP contribution < -0.4 is 0 Å². The molecule has 0 radical (unpaired) electrons. The van der Waals surface area contributed by atoms with Gasteiger partial charge in [-0.25, -0.2) is 0 Å². The molecule has 0 fully saturated rings. The fraction of sp³-hybridized carbons (Fsp3) is 0.429. The van der Waals surface area contributed by atoms with Gasteiger partial charge in [0.25, 0.3) is 0 Å². The van der Waals surface area contributed by atoms with Crippen LogP contribution in [0.25, 0.3) is 0 Å². The third-order valence-corrected chi connectivity index (χ3v) is 1.99. The van der Waals surface area contributed by atoms with E-state index in [1.807, 2.05) is 26.0 Å². The average molecular weight is 204 g/mol. The molecule has 1 unspecified atom stereocenters. The quantitative estimate of drug-likeness (QED) is 0.654. The van der Waals surface area contributed by atoms with E-state index in [9.17, 15) is 5.21 Å². The fourth-order valence-corrected chi connectivity index (χ4v) is 1.65. The zero-order valence-corrected chi connectivity index (χ0v) is 7.59. The second kappa shape index (κ2) is 2.76. The van der Waals surface area contributed by atoms with Crippen molar-refractivity contribution in [2.75, 3.05) is 0 Å². The van der Waals surface area contributed by atoms with Crippen LogP contribution >= 0.6 is 15.9 Å². The zero-order valence-electron chi connectivity index (χ0n) is 6.00. The maximum absolute atomic E-state index is 9.26. The molecule has 1 aliphatic rings. The highest BCUT2D eigenvalue weighted by Crippen LogP contribution is 2.20. The van der Waals surface area contributed by atoms with Crippen molar-refractivity contribution in [3.05, 3.63) is 22.3 Å². The van der Waals surface area contributed by atoms with Crippen LogP contribution in [-0.4, -0.2) is 16.3 Å². The normalized spacial score (nSPS) is 26.0. The Kier molecular flexibility index (Phi) is 2.16. The lowest BCUT2D eigenvalue weighted by Gasteiger charge is -2.25. The van der Waals surface area contributed by atoms with Crippen molar-refractivity contribution in [1.82, 2.24) is 5.06 Å². The Bertz CT molecular complexity index is 198. The lowest BCUT2D eigenvalue weighted by molar-refractivity contribution is -0.0746. The molecule has 56 valence electrons. The van der Waals surface area contributed by atoms with E-state index < -0.39 is 0 Å². The third-order valence-electron chi connectivity index (χ3n) is 1.49. The summed E-state index contributed by atoms with van der Waals surface area (Å²) in [7, 11) is 0. The largest absolute Gasteiger partial charge is 0.288 e. The van der Waals surface area contributed by atoms with Crippen molar-refractivity contribution < 1.29 is 5.21 Å². The molecule has 0 aromatic carbocycles. The molecule has 10 heavy (non-hydrogen) atoms. The minimum atomic E-state index is 0.0689. The molecule has 1 N–H and O–H groups in total. The maximum atomic E-state index is 9.26. The van der Waals surface area contributed by atoms with Crippen molar-refractivity contribution in [3.8, 4) is 0 Å². The molecule has 0 bridgehead atoms. The fourth-order valence-electron chi connectivity index (χ4n) is 0.936. The molecule has 0 saturated heterocycles. The Morgan fingerprint density at radius 3 is 2.80 bits per heavy atom. The minimum Gasteiger partial charge on any atom is -0.288 e. The molecule has 1 rings (SSSR count). The molecule has 3 heteroatoms. The lowest BCUT2D eigenvalue weighted by atomic mass is 10.2. The number of rotatable bonds is 0. The van der Waals surface area contributed by atoms with Crippen LogP contribution in [0.15, 0.2) is 22.3 Å². The highest BCUT2D eigenvalue weighted by atomic mass is 79.9. The van der Waals surface area contributed by atoms with Gasteiger partial charge in [-0.1, -0.05) is 15.9 Å². The highest BCUT2D eigenvalue weighted by Gasteiger charge is 2.13.